The van der Waals surface area contributed by atoms with Gasteiger partial charge in [-0.1, -0.05) is 18.2 Å². The van der Waals surface area contributed by atoms with E-state index in [1.807, 2.05) is 0 Å². The van der Waals surface area contributed by atoms with E-state index in [0.29, 0.717) is 18.0 Å². The number of hydrogen-bond acceptors (Lipinski definition) is 5. The highest BCUT2D eigenvalue weighted by Gasteiger charge is 2.25. The highest BCUT2D eigenvalue weighted by molar-refractivity contribution is 5.79. The fourth-order valence-corrected chi connectivity index (χ4v) is 2.60. The van der Waals surface area contributed by atoms with Crippen LogP contribution in [0, 0.1) is 10.1 Å². The van der Waals surface area contributed by atoms with Crippen LogP contribution in [0.5, 0.6) is 0 Å². The molecule has 1 aliphatic rings. The summed E-state index contributed by atoms with van der Waals surface area (Å²) in [6, 6.07) is 7.69. The number of amides is 1. The minimum atomic E-state index is -0.505. The molecule has 0 atom stereocenters. The summed E-state index contributed by atoms with van der Waals surface area (Å²) in [4.78, 5) is 38.7. The Labute approximate surface area is 143 Å². The van der Waals surface area contributed by atoms with Crippen molar-refractivity contribution in [1.29, 1.82) is 0 Å². The zero-order valence-corrected chi connectivity index (χ0v) is 13.6. The third-order valence-corrected chi connectivity index (χ3v) is 4.11. The van der Waals surface area contributed by atoms with Gasteiger partial charge >= 0.3 is 0 Å². The van der Waals surface area contributed by atoms with Gasteiger partial charge < -0.3 is 5.32 Å². The van der Waals surface area contributed by atoms with E-state index in [4.69, 9.17) is 0 Å². The number of para-hydroxylation sites is 1. The van der Waals surface area contributed by atoms with Gasteiger partial charge in [0.05, 0.1) is 23.4 Å². The number of carbonyl (C=O) groups is 1. The van der Waals surface area contributed by atoms with Crippen LogP contribution in [-0.4, -0.2) is 26.9 Å². The summed E-state index contributed by atoms with van der Waals surface area (Å²) in [7, 11) is 0. The van der Waals surface area contributed by atoms with Crippen molar-refractivity contribution in [1.82, 2.24) is 14.9 Å². The van der Waals surface area contributed by atoms with Crippen molar-refractivity contribution in [3.8, 4) is 0 Å². The summed E-state index contributed by atoms with van der Waals surface area (Å²) < 4.78 is 1.44. The second-order valence-corrected chi connectivity index (χ2v) is 6.03. The Kier molecular flexibility index (Phi) is 4.87. The zero-order valence-electron chi connectivity index (χ0n) is 13.6. The van der Waals surface area contributed by atoms with Gasteiger partial charge in [-0.3, -0.25) is 24.3 Å². The molecule has 1 aromatic carbocycles. The fraction of sp³-hybridized carbons (Fsp3) is 0.353. The molecule has 8 nitrogen and oxygen atoms in total. The topological polar surface area (TPSA) is 107 Å². The van der Waals surface area contributed by atoms with E-state index in [0.717, 1.165) is 18.5 Å². The Hall–Kier alpha value is -3.03. The maximum Gasteiger partial charge on any atom is 0.273 e. The third kappa shape index (κ3) is 4.28. The maximum absolute atomic E-state index is 12.0. The van der Waals surface area contributed by atoms with Gasteiger partial charge in [0.1, 0.15) is 0 Å². The highest BCUT2D eigenvalue weighted by Crippen LogP contribution is 2.38. The number of nitro benzene ring substituents is 1. The fourth-order valence-electron chi connectivity index (χ4n) is 2.60. The lowest BCUT2D eigenvalue weighted by Gasteiger charge is -2.08. The number of nitrogens with zero attached hydrogens (tertiary/aromatic N) is 3. The lowest BCUT2D eigenvalue weighted by Crippen LogP contribution is -2.32. The number of rotatable bonds is 7. The van der Waals surface area contributed by atoms with Gasteiger partial charge in [0.25, 0.3) is 11.2 Å². The van der Waals surface area contributed by atoms with Crippen LogP contribution in [0.4, 0.5) is 5.69 Å². The molecule has 0 bridgehead atoms. The van der Waals surface area contributed by atoms with Gasteiger partial charge in [-0.25, -0.2) is 4.98 Å². The van der Waals surface area contributed by atoms with E-state index in [2.05, 4.69) is 10.3 Å². The molecular weight excluding hydrogens is 324 g/mol. The van der Waals surface area contributed by atoms with Gasteiger partial charge in [-0.05, 0) is 12.8 Å². The number of nitro groups is 1. The summed E-state index contributed by atoms with van der Waals surface area (Å²) in [5.74, 6) is 0.0913. The predicted molar refractivity (Wildman–Crippen MR) is 90.3 cm³/mol. The Morgan fingerprint density at radius 3 is 2.80 bits per heavy atom. The first-order valence-corrected chi connectivity index (χ1v) is 8.10. The van der Waals surface area contributed by atoms with Crippen LogP contribution in [0.3, 0.4) is 0 Å². The Morgan fingerprint density at radius 2 is 2.12 bits per heavy atom. The van der Waals surface area contributed by atoms with Crippen LogP contribution in [0.25, 0.3) is 0 Å². The van der Waals surface area contributed by atoms with Crippen LogP contribution in [0.1, 0.15) is 30.0 Å². The van der Waals surface area contributed by atoms with E-state index < -0.39 is 4.92 Å². The van der Waals surface area contributed by atoms with Crippen molar-refractivity contribution in [2.24, 2.45) is 0 Å². The molecule has 0 aliphatic heterocycles. The van der Waals surface area contributed by atoms with Crippen LogP contribution >= 0.6 is 0 Å². The summed E-state index contributed by atoms with van der Waals surface area (Å²) >= 11 is 0. The Morgan fingerprint density at radius 1 is 1.36 bits per heavy atom. The second-order valence-electron chi connectivity index (χ2n) is 6.03. The molecule has 1 aliphatic carbocycles. The smallest absolute Gasteiger partial charge is 0.273 e. The van der Waals surface area contributed by atoms with Crippen LogP contribution in [-0.2, 0) is 17.8 Å². The molecule has 0 unspecified atom stereocenters. The van der Waals surface area contributed by atoms with Gasteiger partial charge in [0.2, 0.25) is 5.91 Å². The van der Waals surface area contributed by atoms with Crippen LogP contribution in [0.15, 0.2) is 41.5 Å². The van der Waals surface area contributed by atoms with E-state index in [1.54, 1.807) is 24.3 Å². The summed E-state index contributed by atoms with van der Waals surface area (Å²) in [6.07, 6.45) is 3.59. The lowest BCUT2D eigenvalue weighted by molar-refractivity contribution is -0.385. The first-order chi connectivity index (χ1) is 12.0. The molecule has 25 heavy (non-hydrogen) atoms. The van der Waals surface area contributed by atoms with Gasteiger partial charge in [-0.15, -0.1) is 0 Å². The van der Waals surface area contributed by atoms with Crippen molar-refractivity contribution >= 4 is 11.6 Å². The SMILES string of the molecule is O=C(Cc1ccccc1[N+](=O)[O-])NCCn1cnc(C2CC2)cc1=O. The van der Waals surface area contributed by atoms with Crippen LogP contribution in [0.2, 0.25) is 0 Å². The molecule has 1 amide bonds. The molecule has 8 heteroatoms. The lowest BCUT2D eigenvalue weighted by atomic mass is 10.1. The minimum absolute atomic E-state index is 0.0752. The van der Waals surface area contributed by atoms with Crippen molar-refractivity contribution in [3.63, 3.8) is 0 Å². The first kappa shape index (κ1) is 16.8. The average molecular weight is 342 g/mol. The molecule has 3 rings (SSSR count). The number of hydrogen-bond donors (Lipinski definition) is 1. The molecular formula is C17H18N4O4. The van der Waals surface area contributed by atoms with E-state index in [-0.39, 0.29) is 30.1 Å². The standard InChI is InChI=1S/C17H18N4O4/c22-16(9-13-3-1-2-4-15(13)21(24)25)18-7-8-20-11-19-14(10-17(20)23)12-5-6-12/h1-4,10-12H,5-9H2,(H,18,22). The van der Waals surface area contributed by atoms with Crippen molar-refractivity contribution in [3.05, 3.63) is 68.4 Å². The summed E-state index contributed by atoms with van der Waals surface area (Å²) in [6.45, 7) is 0.559. The Bertz CT molecular complexity index is 858. The third-order valence-electron chi connectivity index (χ3n) is 4.11. The largest absolute Gasteiger partial charge is 0.354 e. The molecule has 130 valence electrons. The summed E-state index contributed by atoms with van der Waals surface area (Å²) in [5, 5.41) is 13.6. The normalized spacial score (nSPS) is 13.4. The van der Waals surface area contributed by atoms with Crippen molar-refractivity contribution < 1.29 is 9.72 Å². The second kappa shape index (κ2) is 7.25. The van der Waals surface area contributed by atoms with Gasteiger partial charge in [0, 0.05) is 36.7 Å². The average Bonchev–Trinajstić information content (AvgIpc) is 3.41. The van der Waals surface area contributed by atoms with E-state index >= 15 is 0 Å². The monoisotopic (exact) mass is 342 g/mol. The van der Waals surface area contributed by atoms with Gasteiger partial charge in [-0.2, -0.15) is 0 Å². The molecule has 1 heterocycles. The predicted octanol–water partition coefficient (Wildman–Crippen LogP) is 1.39. The number of carbonyl (C=O) groups excluding carboxylic acids is 1. The molecule has 0 spiro atoms. The first-order valence-electron chi connectivity index (χ1n) is 8.10. The quantitative estimate of drug-likeness (QED) is 0.604. The highest BCUT2D eigenvalue weighted by atomic mass is 16.6. The molecule has 1 saturated carbocycles. The summed E-state index contributed by atoms with van der Waals surface area (Å²) in [5.41, 5.74) is 0.984. The molecule has 2 aromatic rings. The minimum Gasteiger partial charge on any atom is -0.354 e. The molecule has 0 saturated heterocycles. The molecule has 1 aromatic heterocycles. The number of benzene rings is 1. The zero-order chi connectivity index (χ0) is 17.8. The van der Waals surface area contributed by atoms with Crippen molar-refractivity contribution in [2.45, 2.75) is 31.7 Å². The maximum atomic E-state index is 12.0. The van der Waals surface area contributed by atoms with Crippen molar-refractivity contribution in [2.75, 3.05) is 6.54 Å². The van der Waals surface area contributed by atoms with Gasteiger partial charge in [0.15, 0.2) is 0 Å². The number of nitrogens with one attached hydrogen (secondary N) is 1. The Balaban J connectivity index is 1.53. The number of aromatic nitrogens is 2. The van der Waals surface area contributed by atoms with E-state index in [1.165, 1.54) is 17.0 Å². The molecule has 1 N–H and O–H groups in total. The molecule has 0 radical (unpaired) electrons. The van der Waals surface area contributed by atoms with E-state index in [9.17, 15) is 19.7 Å². The molecule has 1 fully saturated rings. The van der Waals surface area contributed by atoms with Crippen LogP contribution < -0.4 is 10.9 Å².